The summed E-state index contributed by atoms with van der Waals surface area (Å²) in [5.74, 6) is 0.211. The Morgan fingerprint density at radius 2 is 2.07 bits per heavy atom. The van der Waals surface area contributed by atoms with E-state index >= 15 is 0 Å². The van der Waals surface area contributed by atoms with Crippen LogP contribution in [-0.4, -0.2) is 11.7 Å². The van der Waals surface area contributed by atoms with Crippen molar-refractivity contribution in [3.63, 3.8) is 0 Å². The van der Waals surface area contributed by atoms with E-state index < -0.39 is 0 Å². The van der Waals surface area contributed by atoms with E-state index in [0.717, 1.165) is 5.56 Å². The molecule has 1 rings (SSSR count). The summed E-state index contributed by atoms with van der Waals surface area (Å²) >= 11 is 3.94. The molecule has 0 N–H and O–H groups in total. The fourth-order valence-electron chi connectivity index (χ4n) is 0.926. The van der Waals surface area contributed by atoms with Crippen LogP contribution in [0.1, 0.15) is 5.56 Å². The van der Waals surface area contributed by atoms with Crippen molar-refractivity contribution in [3.05, 3.63) is 48.0 Å². The fourth-order valence-corrected chi connectivity index (χ4v) is 1.03. The van der Waals surface area contributed by atoms with Crippen LogP contribution in [0.5, 0.6) is 0 Å². The van der Waals surface area contributed by atoms with Crippen LogP contribution >= 0.6 is 12.6 Å². The summed E-state index contributed by atoms with van der Waals surface area (Å²) < 4.78 is 4.97. The van der Waals surface area contributed by atoms with E-state index in [9.17, 15) is 4.79 Å². The molecule has 1 aromatic rings. The molecule has 0 heterocycles. The molecule has 2 nitrogen and oxygen atoms in total. The summed E-state index contributed by atoms with van der Waals surface area (Å²) in [6, 6.07) is 9.57. The predicted molar refractivity (Wildman–Crippen MR) is 59.2 cm³/mol. The van der Waals surface area contributed by atoms with Crippen molar-refractivity contribution in [2.45, 2.75) is 6.61 Å². The molecular formula is C11H12O2S. The first-order valence-electron chi connectivity index (χ1n) is 4.31. The number of rotatable bonds is 4. The van der Waals surface area contributed by atoms with Gasteiger partial charge >= 0.3 is 5.97 Å². The lowest BCUT2D eigenvalue weighted by atomic mass is 10.2. The predicted octanol–water partition coefficient (Wildman–Crippen LogP) is 2.22. The molecule has 14 heavy (non-hydrogen) atoms. The van der Waals surface area contributed by atoms with Gasteiger partial charge in [0.15, 0.2) is 0 Å². The SMILES string of the molecule is O=C(/C=C/CS)OCc1ccccc1. The fraction of sp³-hybridized carbons (Fsp3) is 0.182. The zero-order chi connectivity index (χ0) is 10.2. The number of ether oxygens (including phenoxy) is 1. The minimum atomic E-state index is -0.331. The van der Waals surface area contributed by atoms with Crippen molar-refractivity contribution in [3.8, 4) is 0 Å². The Bertz CT molecular complexity index is 306. The topological polar surface area (TPSA) is 26.3 Å². The van der Waals surface area contributed by atoms with Gasteiger partial charge in [-0.3, -0.25) is 0 Å². The standard InChI is InChI=1S/C11H12O2S/c12-11(7-4-8-14)13-9-10-5-2-1-3-6-10/h1-7,14H,8-9H2/b7-4+. The quantitative estimate of drug-likeness (QED) is 0.466. The maximum atomic E-state index is 11.0. The van der Waals surface area contributed by atoms with Gasteiger partial charge in [-0.2, -0.15) is 12.6 Å². The Labute approximate surface area is 89.0 Å². The van der Waals surface area contributed by atoms with Crippen LogP contribution in [0.2, 0.25) is 0 Å². The zero-order valence-electron chi connectivity index (χ0n) is 7.72. The molecule has 74 valence electrons. The Morgan fingerprint density at radius 3 is 2.71 bits per heavy atom. The van der Waals surface area contributed by atoms with Crippen LogP contribution in [0.25, 0.3) is 0 Å². The van der Waals surface area contributed by atoms with E-state index in [1.165, 1.54) is 6.08 Å². The average molecular weight is 208 g/mol. The monoisotopic (exact) mass is 208 g/mol. The van der Waals surface area contributed by atoms with E-state index in [2.05, 4.69) is 12.6 Å². The number of carbonyl (C=O) groups excluding carboxylic acids is 1. The van der Waals surface area contributed by atoms with Crippen LogP contribution in [0.3, 0.4) is 0 Å². The lowest BCUT2D eigenvalue weighted by molar-refractivity contribution is -0.139. The van der Waals surface area contributed by atoms with E-state index in [-0.39, 0.29) is 5.97 Å². The van der Waals surface area contributed by atoms with Crippen molar-refractivity contribution < 1.29 is 9.53 Å². The van der Waals surface area contributed by atoms with Gasteiger partial charge in [0.25, 0.3) is 0 Å². The zero-order valence-corrected chi connectivity index (χ0v) is 8.61. The summed E-state index contributed by atoms with van der Waals surface area (Å²) in [7, 11) is 0. The first-order valence-corrected chi connectivity index (χ1v) is 4.94. The van der Waals surface area contributed by atoms with Gasteiger partial charge in [-0.1, -0.05) is 36.4 Å². The highest BCUT2D eigenvalue weighted by atomic mass is 32.1. The molecule has 0 amide bonds. The molecule has 0 bridgehead atoms. The molecule has 0 aromatic heterocycles. The normalized spacial score (nSPS) is 10.4. The van der Waals surface area contributed by atoms with Gasteiger partial charge in [0.1, 0.15) is 6.61 Å². The highest BCUT2D eigenvalue weighted by molar-refractivity contribution is 7.80. The number of thiol groups is 1. The highest BCUT2D eigenvalue weighted by Gasteiger charge is 1.96. The highest BCUT2D eigenvalue weighted by Crippen LogP contribution is 2.00. The van der Waals surface area contributed by atoms with Gasteiger partial charge in [0, 0.05) is 11.8 Å². The first kappa shape index (κ1) is 10.9. The van der Waals surface area contributed by atoms with E-state index in [0.29, 0.717) is 12.4 Å². The number of benzene rings is 1. The molecule has 0 aliphatic heterocycles. The van der Waals surface area contributed by atoms with Crippen LogP contribution in [0.4, 0.5) is 0 Å². The third-order valence-corrected chi connectivity index (χ3v) is 1.79. The second-order valence-electron chi connectivity index (χ2n) is 2.68. The minimum absolute atomic E-state index is 0.316. The smallest absolute Gasteiger partial charge is 0.330 e. The van der Waals surface area contributed by atoms with Gasteiger partial charge < -0.3 is 4.74 Å². The summed E-state index contributed by atoms with van der Waals surface area (Å²) in [5, 5.41) is 0. The van der Waals surface area contributed by atoms with Crippen LogP contribution in [0.15, 0.2) is 42.5 Å². The number of carbonyl (C=O) groups is 1. The van der Waals surface area contributed by atoms with Crippen LogP contribution in [0, 0.1) is 0 Å². The molecule has 0 atom stereocenters. The van der Waals surface area contributed by atoms with Gasteiger partial charge in [0.05, 0.1) is 0 Å². The number of hydrogen-bond acceptors (Lipinski definition) is 3. The van der Waals surface area contributed by atoms with Gasteiger partial charge in [0.2, 0.25) is 0 Å². The number of esters is 1. The molecule has 0 aliphatic rings. The van der Waals surface area contributed by atoms with E-state index in [1.54, 1.807) is 6.08 Å². The summed E-state index contributed by atoms with van der Waals surface area (Å²) in [4.78, 5) is 11.0. The average Bonchev–Trinajstić information content (AvgIpc) is 2.25. The molecule has 0 spiro atoms. The second-order valence-corrected chi connectivity index (χ2v) is 3.04. The molecule has 0 fully saturated rings. The van der Waals surface area contributed by atoms with E-state index in [4.69, 9.17) is 4.74 Å². The molecule has 0 aliphatic carbocycles. The third kappa shape index (κ3) is 4.14. The maximum Gasteiger partial charge on any atom is 0.330 e. The summed E-state index contributed by atoms with van der Waals surface area (Å²) in [5.41, 5.74) is 0.986. The lowest BCUT2D eigenvalue weighted by Gasteiger charge is -2.00. The van der Waals surface area contributed by atoms with Gasteiger partial charge in [-0.05, 0) is 5.56 Å². The Kier molecular flexibility index (Phi) is 4.86. The third-order valence-electron chi connectivity index (χ3n) is 1.58. The minimum Gasteiger partial charge on any atom is -0.458 e. The summed E-state index contributed by atoms with van der Waals surface area (Å²) in [6.45, 7) is 0.316. The first-order chi connectivity index (χ1) is 6.83. The van der Waals surface area contributed by atoms with Crippen molar-refractivity contribution in [2.24, 2.45) is 0 Å². The Morgan fingerprint density at radius 1 is 1.36 bits per heavy atom. The lowest BCUT2D eigenvalue weighted by Crippen LogP contribution is -2.00. The van der Waals surface area contributed by atoms with Crippen LogP contribution < -0.4 is 0 Å². The largest absolute Gasteiger partial charge is 0.458 e. The van der Waals surface area contributed by atoms with Gasteiger partial charge in [-0.25, -0.2) is 4.79 Å². The van der Waals surface area contributed by atoms with Crippen molar-refractivity contribution >= 4 is 18.6 Å². The molecular weight excluding hydrogens is 196 g/mol. The van der Waals surface area contributed by atoms with Crippen molar-refractivity contribution in [1.29, 1.82) is 0 Å². The van der Waals surface area contributed by atoms with E-state index in [1.807, 2.05) is 30.3 Å². The summed E-state index contributed by atoms with van der Waals surface area (Å²) in [6.07, 6.45) is 3.03. The Balaban J connectivity index is 2.34. The second kappa shape index (κ2) is 6.27. The molecule has 3 heteroatoms. The molecule has 0 unspecified atom stereocenters. The molecule has 0 radical (unpaired) electrons. The molecule has 1 aromatic carbocycles. The number of hydrogen-bond donors (Lipinski definition) is 1. The van der Waals surface area contributed by atoms with Gasteiger partial charge in [-0.15, -0.1) is 0 Å². The molecule has 0 saturated heterocycles. The van der Waals surface area contributed by atoms with Crippen molar-refractivity contribution in [1.82, 2.24) is 0 Å². The van der Waals surface area contributed by atoms with Crippen molar-refractivity contribution in [2.75, 3.05) is 5.75 Å². The Hall–Kier alpha value is -1.22. The molecule has 0 saturated carbocycles. The maximum absolute atomic E-state index is 11.0. The van der Waals surface area contributed by atoms with Crippen LogP contribution in [-0.2, 0) is 16.1 Å².